The van der Waals surface area contributed by atoms with Crippen LogP contribution in [0.4, 0.5) is 0 Å². The summed E-state index contributed by atoms with van der Waals surface area (Å²) in [7, 11) is -1.32. The van der Waals surface area contributed by atoms with E-state index in [4.69, 9.17) is 34.8 Å². The number of rotatable bonds is 3. The first kappa shape index (κ1) is 17.3. The minimum absolute atomic E-state index is 0.432. The molecule has 2 nitrogen and oxygen atoms in total. The van der Waals surface area contributed by atoms with Crippen LogP contribution in [0.25, 0.3) is 0 Å². The number of nitrogens with one attached hydrogen (secondary N) is 1. The van der Waals surface area contributed by atoms with Crippen molar-refractivity contribution in [1.82, 2.24) is 4.72 Å². The molecule has 2 atom stereocenters. The zero-order valence-corrected chi connectivity index (χ0v) is 14.4. The summed E-state index contributed by atoms with van der Waals surface area (Å²) in [5.74, 6) is 0. The SMILES string of the molecule is Cc1ccc([C@H](N[S@](=O)C(C)(C)C)C(Cl)(Cl)Cl)cc1. The van der Waals surface area contributed by atoms with Gasteiger partial charge >= 0.3 is 0 Å². The van der Waals surface area contributed by atoms with Crippen LogP contribution in [0, 0.1) is 6.92 Å². The van der Waals surface area contributed by atoms with Gasteiger partial charge < -0.3 is 0 Å². The first-order valence-corrected chi connectivity index (χ1v) is 8.11. The highest BCUT2D eigenvalue weighted by Crippen LogP contribution is 2.40. The fourth-order valence-corrected chi connectivity index (χ4v) is 2.98. The first-order valence-electron chi connectivity index (χ1n) is 5.83. The number of halogens is 3. The van der Waals surface area contributed by atoms with Crippen LogP contribution < -0.4 is 4.72 Å². The molecule has 0 aliphatic heterocycles. The predicted molar refractivity (Wildman–Crippen MR) is 85.2 cm³/mol. The summed E-state index contributed by atoms with van der Waals surface area (Å²) < 4.78 is 13.1. The van der Waals surface area contributed by atoms with Crippen molar-refractivity contribution in [2.45, 2.75) is 42.3 Å². The lowest BCUT2D eigenvalue weighted by atomic mass is 10.1. The van der Waals surface area contributed by atoms with Gasteiger partial charge in [0.15, 0.2) is 0 Å². The van der Waals surface area contributed by atoms with Crippen molar-refractivity contribution in [3.8, 4) is 0 Å². The highest BCUT2D eigenvalue weighted by molar-refractivity contribution is 7.84. The molecule has 108 valence electrons. The molecule has 1 aromatic carbocycles. The van der Waals surface area contributed by atoms with Gasteiger partial charge in [-0.25, -0.2) is 8.93 Å². The van der Waals surface area contributed by atoms with E-state index in [1.807, 2.05) is 52.0 Å². The largest absolute Gasteiger partial charge is 0.242 e. The second-order valence-electron chi connectivity index (χ2n) is 5.38. The second-order valence-corrected chi connectivity index (χ2v) is 9.75. The Morgan fingerprint density at radius 2 is 1.58 bits per heavy atom. The third-order valence-electron chi connectivity index (χ3n) is 2.52. The van der Waals surface area contributed by atoms with E-state index in [9.17, 15) is 4.21 Å². The summed E-state index contributed by atoms with van der Waals surface area (Å²) in [5, 5.41) is 0. The minimum Gasteiger partial charge on any atom is -0.242 e. The predicted octanol–water partition coefficient (Wildman–Crippen LogP) is 4.46. The van der Waals surface area contributed by atoms with Crippen LogP contribution >= 0.6 is 34.8 Å². The average Bonchev–Trinajstić information content (AvgIpc) is 2.24. The third kappa shape index (κ3) is 5.24. The summed E-state index contributed by atoms with van der Waals surface area (Å²) in [6, 6.07) is 6.97. The molecule has 0 spiro atoms. The Kier molecular flexibility index (Phi) is 5.73. The maximum absolute atomic E-state index is 12.2. The number of alkyl halides is 3. The van der Waals surface area contributed by atoms with Crippen LogP contribution in [0.3, 0.4) is 0 Å². The molecule has 19 heavy (non-hydrogen) atoms. The van der Waals surface area contributed by atoms with Crippen LogP contribution in [0.15, 0.2) is 24.3 Å². The van der Waals surface area contributed by atoms with Gasteiger partial charge in [-0.05, 0) is 33.3 Å². The molecule has 0 fully saturated rings. The van der Waals surface area contributed by atoms with E-state index in [2.05, 4.69) is 4.72 Å². The molecule has 1 aromatic rings. The molecule has 6 heteroatoms. The van der Waals surface area contributed by atoms with E-state index in [1.165, 1.54) is 0 Å². The van der Waals surface area contributed by atoms with Gasteiger partial charge in [0.05, 0.1) is 21.8 Å². The highest BCUT2D eigenvalue weighted by Gasteiger charge is 2.36. The Hall–Kier alpha value is 0.200. The number of hydrogen-bond acceptors (Lipinski definition) is 1. The van der Waals surface area contributed by atoms with Crippen molar-refractivity contribution in [3.05, 3.63) is 35.4 Å². The van der Waals surface area contributed by atoms with E-state index < -0.39 is 25.6 Å². The molecule has 0 unspecified atom stereocenters. The Balaban J connectivity index is 3.04. The average molecular weight is 343 g/mol. The van der Waals surface area contributed by atoms with Crippen LogP contribution in [0.1, 0.15) is 37.9 Å². The van der Waals surface area contributed by atoms with E-state index in [1.54, 1.807) is 0 Å². The van der Waals surface area contributed by atoms with Crippen molar-refractivity contribution >= 4 is 45.8 Å². The van der Waals surface area contributed by atoms with Gasteiger partial charge in [-0.15, -0.1) is 0 Å². The van der Waals surface area contributed by atoms with Crippen LogP contribution in [0.5, 0.6) is 0 Å². The number of benzene rings is 1. The number of hydrogen-bond donors (Lipinski definition) is 1. The van der Waals surface area contributed by atoms with Gasteiger partial charge in [-0.2, -0.15) is 0 Å². The molecule has 0 bridgehead atoms. The maximum Gasteiger partial charge on any atom is 0.210 e. The zero-order chi connectivity index (χ0) is 14.8. The second kappa shape index (κ2) is 6.31. The molecule has 0 saturated carbocycles. The maximum atomic E-state index is 12.2. The lowest BCUT2D eigenvalue weighted by molar-refractivity contribution is 0.603. The summed E-state index contributed by atoms with van der Waals surface area (Å²) in [6.45, 7) is 7.57. The fourth-order valence-electron chi connectivity index (χ4n) is 1.37. The zero-order valence-electron chi connectivity index (χ0n) is 11.3. The number of aryl methyl sites for hydroxylation is 1. The topological polar surface area (TPSA) is 29.1 Å². The highest BCUT2D eigenvalue weighted by atomic mass is 35.6. The van der Waals surface area contributed by atoms with Crippen molar-refractivity contribution in [2.75, 3.05) is 0 Å². The standard InChI is InChI=1S/C13H18Cl3NOS/c1-9-5-7-10(8-6-9)11(13(14,15)16)17-19(18)12(2,3)4/h5-8,11,17H,1-4H3/t11-,19+/m0/s1. The molecule has 1 rings (SSSR count). The molecule has 1 N–H and O–H groups in total. The summed E-state index contributed by atoms with van der Waals surface area (Å²) in [4.78, 5) is 0. The molecular formula is C13H18Cl3NOS. The molecule has 0 aromatic heterocycles. The van der Waals surface area contributed by atoms with E-state index in [0.717, 1.165) is 11.1 Å². The lowest BCUT2D eigenvalue weighted by Gasteiger charge is -2.29. The van der Waals surface area contributed by atoms with Crippen LogP contribution in [0.2, 0.25) is 0 Å². The van der Waals surface area contributed by atoms with E-state index in [0.29, 0.717) is 0 Å². The molecule has 0 heterocycles. The Bertz CT molecular complexity index is 448. The van der Waals surface area contributed by atoms with Crippen molar-refractivity contribution in [1.29, 1.82) is 0 Å². The third-order valence-corrected chi connectivity index (χ3v) is 4.74. The van der Waals surface area contributed by atoms with Gasteiger partial charge in [0.25, 0.3) is 0 Å². The summed E-state index contributed by atoms with van der Waals surface area (Å²) in [6.07, 6.45) is 0. The first-order chi connectivity index (χ1) is 8.51. The quantitative estimate of drug-likeness (QED) is 0.807. The normalized spacial score (nSPS) is 16.2. The Morgan fingerprint density at radius 1 is 1.11 bits per heavy atom. The van der Waals surface area contributed by atoms with Crippen molar-refractivity contribution in [3.63, 3.8) is 0 Å². The summed E-state index contributed by atoms with van der Waals surface area (Å²) in [5.41, 5.74) is 1.91. The van der Waals surface area contributed by atoms with Gasteiger partial charge in [0, 0.05) is 0 Å². The molecular weight excluding hydrogens is 325 g/mol. The van der Waals surface area contributed by atoms with Gasteiger partial charge in [-0.3, -0.25) is 0 Å². The molecule has 0 aliphatic rings. The molecule has 0 saturated heterocycles. The Labute approximate surface area is 132 Å². The Morgan fingerprint density at radius 3 is 1.95 bits per heavy atom. The summed E-state index contributed by atoms with van der Waals surface area (Å²) >= 11 is 18.0. The van der Waals surface area contributed by atoms with Gasteiger partial charge in [-0.1, -0.05) is 64.6 Å². The lowest BCUT2D eigenvalue weighted by Crippen LogP contribution is -2.40. The fraction of sp³-hybridized carbons (Fsp3) is 0.538. The molecule has 0 aliphatic carbocycles. The van der Waals surface area contributed by atoms with Crippen LogP contribution in [-0.4, -0.2) is 12.7 Å². The van der Waals surface area contributed by atoms with Crippen LogP contribution in [-0.2, 0) is 11.0 Å². The van der Waals surface area contributed by atoms with Gasteiger partial charge in [0.2, 0.25) is 3.79 Å². The van der Waals surface area contributed by atoms with E-state index in [-0.39, 0.29) is 0 Å². The molecule has 0 radical (unpaired) electrons. The van der Waals surface area contributed by atoms with E-state index >= 15 is 0 Å². The van der Waals surface area contributed by atoms with Crippen molar-refractivity contribution in [2.24, 2.45) is 0 Å². The smallest absolute Gasteiger partial charge is 0.210 e. The van der Waals surface area contributed by atoms with Crippen molar-refractivity contribution < 1.29 is 4.21 Å². The monoisotopic (exact) mass is 341 g/mol. The molecule has 0 amide bonds. The van der Waals surface area contributed by atoms with Gasteiger partial charge in [0.1, 0.15) is 0 Å². The minimum atomic E-state index is -1.57.